The first-order valence-electron chi connectivity index (χ1n) is 9.69. The fraction of sp³-hybridized carbons (Fsp3) is 0.261. The number of piperazine rings is 1. The summed E-state index contributed by atoms with van der Waals surface area (Å²) in [5.41, 5.74) is 1.75. The maximum absolute atomic E-state index is 12.8. The second kappa shape index (κ2) is 9.29. The van der Waals surface area contributed by atoms with Crippen LogP contribution in [-0.2, 0) is 13.2 Å². The van der Waals surface area contributed by atoms with Crippen molar-refractivity contribution in [3.63, 3.8) is 0 Å². The normalized spacial score (nSPS) is 14.7. The Morgan fingerprint density at radius 1 is 0.966 bits per heavy atom. The van der Waals surface area contributed by atoms with Crippen LogP contribution in [0.5, 0.6) is 5.75 Å². The number of halogens is 1. The molecule has 0 saturated carbocycles. The molecule has 1 saturated heterocycles. The van der Waals surface area contributed by atoms with Gasteiger partial charge < -0.3 is 14.1 Å². The lowest BCUT2D eigenvalue weighted by molar-refractivity contribution is 0.0620. The Kier molecular flexibility index (Phi) is 6.32. The van der Waals surface area contributed by atoms with Crippen molar-refractivity contribution in [3.8, 4) is 5.75 Å². The third-order valence-electron chi connectivity index (χ3n) is 5.05. The van der Waals surface area contributed by atoms with Gasteiger partial charge >= 0.3 is 0 Å². The molecule has 1 aliphatic heterocycles. The maximum Gasteiger partial charge on any atom is 0.253 e. The van der Waals surface area contributed by atoms with Crippen molar-refractivity contribution in [2.75, 3.05) is 26.2 Å². The first kappa shape index (κ1) is 19.7. The summed E-state index contributed by atoms with van der Waals surface area (Å²) in [6, 6.07) is 19.3. The number of hydrogen-bond donors (Lipinski definition) is 0. The number of hydrogen-bond acceptors (Lipinski definition) is 4. The smallest absolute Gasteiger partial charge is 0.253 e. The predicted octanol–water partition coefficient (Wildman–Crippen LogP) is 4.58. The van der Waals surface area contributed by atoms with Crippen molar-refractivity contribution >= 4 is 21.8 Å². The van der Waals surface area contributed by atoms with E-state index in [4.69, 9.17) is 9.15 Å². The standard InChI is InChI=1S/C23H23BrN2O3/c24-21-5-1-2-6-22(21)29-17-18-7-9-19(10-8-18)23(27)26-13-11-25(12-14-26)16-20-4-3-15-28-20/h1-10,15H,11-14,16-17H2. The Morgan fingerprint density at radius 3 is 2.41 bits per heavy atom. The Hall–Kier alpha value is -2.57. The van der Waals surface area contributed by atoms with E-state index in [2.05, 4.69) is 20.8 Å². The van der Waals surface area contributed by atoms with Crippen molar-refractivity contribution in [2.45, 2.75) is 13.2 Å². The van der Waals surface area contributed by atoms with Crippen molar-refractivity contribution in [1.29, 1.82) is 0 Å². The minimum Gasteiger partial charge on any atom is -0.488 e. The van der Waals surface area contributed by atoms with Crippen molar-refractivity contribution in [3.05, 3.63) is 88.3 Å². The topological polar surface area (TPSA) is 45.9 Å². The molecule has 0 N–H and O–H groups in total. The average molecular weight is 455 g/mol. The van der Waals surface area contributed by atoms with Gasteiger partial charge in [0.2, 0.25) is 0 Å². The Labute approximate surface area is 179 Å². The molecule has 1 aromatic heterocycles. The van der Waals surface area contributed by atoms with Gasteiger partial charge in [-0.25, -0.2) is 0 Å². The highest BCUT2D eigenvalue weighted by molar-refractivity contribution is 9.10. The second-order valence-corrected chi connectivity index (χ2v) is 7.92. The van der Waals surface area contributed by atoms with Crippen LogP contribution in [-0.4, -0.2) is 41.9 Å². The highest BCUT2D eigenvalue weighted by Crippen LogP contribution is 2.24. The molecule has 150 valence electrons. The predicted molar refractivity (Wildman–Crippen MR) is 115 cm³/mol. The molecule has 1 aliphatic rings. The molecule has 3 aromatic rings. The van der Waals surface area contributed by atoms with Crippen molar-refractivity contribution < 1.29 is 13.9 Å². The summed E-state index contributed by atoms with van der Waals surface area (Å²) in [5, 5.41) is 0. The number of carbonyl (C=O) groups is 1. The number of furan rings is 1. The van der Waals surface area contributed by atoms with Gasteiger partial charge in [0.1, 0.15) is 18.1 Å². The van der Waals surface area contributed by atoms with E-state index in [-0.39, 0.29) is 5.91 Å². The molecule has 0 radical (unpaired) electrons. The molecule has 2 aromatic carbocycles. The molecule has 0 unspecified atom stereocenters. The summed E-state index contributed by atoms with van der Waals surface area (Å²) in [6.07, 6.45) is 1.70. The maximum atomic E-state index is 12.8. The van der Waals surface area contributed by atoms with Gasteiger partial charge in [-0.05, 0) is 57.9 Å². The Balaban J connectivity index is 1.28. The molecule has 1 amide bonds. The van der Waals surface area contributed by atoms with Gasteiger partial charge in [-0.2, -0.15) is 0 Å². The van der Waals surface area contributed by atoms with Crippen LogP contribution < -0.4 is 4.74 Å². The summed E-state index contributed by atoms with van der Waals surface area (Å²) in [6.45, 7) is 4.41. The first-order chi connectivity index (χ1) is 14.2. The Bertz CT molecular complexity index is 933. The zero-order valence-electron chi connectivity index (χ0n) is 16.1. The number of rotatable bonds is 6. The van der Waals surface area contributed by atoms with Crippen LogP contribution in [0.3, 0.4) is 0 Å². The number of amides is 1. The minimum atomic E-state index is 0.0842. The van der Waals surface area contributed by atoms with Crippen LogP contribution in [0.25, 0.3) is 0 Å². The van der Waals surface area contributed by atoms with Crippen LogP contribution >= 0.6 is 15.9 Å². The summed E-state index contributed by atoms with van der Waals surface area (Å²) in [5.74, 6) is 1.85. The third kappa shape index (κ3) is 5.08. The molecule has 0 atom stereocenters. The summed E-state index contributed by atoms with van der Waals surface area (Å²) < 4.78 is 12.2. The van der Waals surface area contributed by atoms with Crippen LogP contribution in [0.2, 0.25) is 0 Å². The van der Waals surface area contributed by atoms with E-state index in [1.165, 1.54) is 0 Å². The molecule has 5 nitrogen and oxygen atoms in total. The first-order valence-corrected chi connectivity index (χ1v) is 10.5. The van der Waals surface area contributed by atoms with Crippen molar-refractivity contribution in [1.82, 2.24) is 9.80 Å². The van der Waals surface area contributed by atoms with Gasteiger partial charge in [0.15, 0.2) is 0 Å². The van der Waals surface area contributed by atoms with Gasteiger partial charge in [-0.15, -0.1) is 0 Å². The molecule has 1 fully saturated rings. The van der Waals surface area contributed by atoms with E-state index in [1.54, 1.807) is 6.26 Å². The largest absolute Gasteiger partial charge is 0.488 e. The highest BCUT2D eigenvalue weighted by atomic mass is 79.9. The van der Waals surface area contributed by atoms with Crippen LogP contribution in [0, 0.1) is 0 Å². The van der Waals surface area contributed by atoms with Gasteiger partial charge in [0.05, 0.1) is 17.3 Å². The van der Waals surface area contributed by atoms with E-state index >= 15 is 0 Å². The van der Waals surface area contributed by atoms with Gasteiger partial charge in [-0.1, -0.05) is 24.3 Å². The van der Waals surface area contributed by atoms with E-state index in [0.717, 1.165) is 54.3 Å². The Morgan fingerprint density at radius 2 is 1.72 bits per heavy atom. The summed E-state index contributed by atoms with van der Waals surface area (Å²) in [7, 11) is 0. The second-order valence-electron chi connectivity index (χ2n) is 7.06. The SMILES string of the molecule is O=C(c1ccc(COc2ccccc2Br)cc1)N1CCN(Cc2ccco2)CC1. The zero-order chi connectivity index (χ0) is 20.1. The lowest BCUT2D eigenvalue weighted by Crippen LogP contribution is -2.48. The molecule has 0 spiro atoms. The fourth-order valence-corrected chi connectivity index (χ4v) is 3.78. The van der Waals surface area contributed by atoms with E-state index < -0.39 is 0 Å². The molecule has 2 heterocycles. The van der Waals surface area contributed by atoms with E-state index in [1.807, 2.05) is 65.6 Å². The molecular formula is C23H23BrN2O3. The van der Waals surface area contributed by atoms with Crippen LogP contribution in [0.15, 0.2) is 75.8 Å². The number of ether oxygens (including phenoxy) is 1. The minimum absolute atomic E-state index is 0.0842. The molecule has 0 bridgehead atoms. The monoisotopic (exact) mass is 454 g/mol. The summed E-state index contributed by atoms with van der Waals surface area (Å²) >= 11 is 3.48. The van der Waals surface area contributed by atoms with Crippen LogP contribution in [0.4, 0.5) is 0 Å². The third-order valence-corrected chi connectivity index (χ3v) is 5.71. The molecule has 6 heteroatoms. The fourth-order valence-electron chi connectivity index (χ4n) is 3.38. The molecular weight excluding hydrogens is 432 g/mol. The van der Waals surface area contributed by atoms with Gasteiger partial charge in [0, 0.05) is 31.7 Å². The lowest BCUT2D eigenvalue weighted by atomic mass is 10.1. The van der Waals surface area contributed by atoms with Crippen molar-refractivity contribution in [2.24, 2.45) is 0 Å². The summed E-state index contributed by atoms with van der Waals surface area (Å²) in [4.78, 5) is 17.0. The number of carbonyl (C=O) groups excluding carboxylic acids is 1. The van der Waals surface area contributed by atoms with Crippen LogP contribution in [0.1, 0.15) is 21.7 Å². The quantitative estimate of drug-likeness (QED) is 0.546. The molecule has 29 heavy (non-hydrogen) atoms. The van der Waals surface area contributed by atoms with Gasteiger partial charge in [-0.3, -0.25) is 9.69 Å². The van der Waals surface area contributed by atoms with E-state index in [0.29, 0.717) is 12.2 Å². The average Bonchev–Trinajstić information content (AvgIpc) is 3.27. The van der Waals surface area contributed by atoms with E-state index in [9.17, 15) is 4.79 Å². The zero-order valence-corrected chi connectivity index (χ0v) is 17.7. The molecule has 0 aliphatic carbocycles. The number of nitrogens with zero attached hydrogens (tertiary/aromatic N) is 2. The van der Waals surface area contributed by atoms with Gasteiger partial charge in [0.25, 0.3) is 5.91 Å². The number of benzene rings is 2. The lowest BCUT2D eigenvalue weighted by Gasteiger charge is -2.34. The number of para-hydroxylation sites is 1. The highest BCUT2D eigenvalue weighted by Gasteiger charge is 2.22. The molecule has 4 rings (SSSR count).